The van der Waals surface area contributed by atoms with Crippen LogP contribution in [0.2, 0.25) is 0 Å². The molecule has 0 bridgehead atoms. The van der Waals surface area contributed by atoms with Crippen LogP contribution >= 0.6 is 11.3 Å². The molecule has 3 heteroatoms. The van der Waals surface area contributed by atoms with Gasteiger partial charge in [0.15, 0.2) is 0 Å². The van der Waals surface area contributed by atoms with E-state index in [1.807, 2.05) is 0 Å². The first kappa shape index (κ1) is 15.0. The number of hydrogen-bond donors (Lipinski definition) is 1. The van der Waals surface area contributed by atoms with Gasteiger partial charge in [0.05, 0.1) is 12.7 Å². The van der Waals surface area contributed by atoms with Gasteiger partial charge in [-0.05, 0) is 66.5 Å². The molecule has 1 saturated carbocycles. The maximum Gasteiger partial charge on any atom is 0.0594 e. The van der Waals surface area contributed by atoms with E-state index in [1.54, 1.807) is 11.3 Å². The summed E-state index contributed by atoms with van der Waals surface area (Å²) in [5.74, 6) is 1.70. The van der Waals surface area contributed by atoms with Crippen molar-refractivity contribution in [2.75, 3.05) is 19.7 Å². The molecule has 1 aliphatic rings. The molecule has 0 aromatic carbocycles. The van der Waals surface area contributed by atoms with E-state index in [9.17, 15) is 0 Å². The fraction of sp³-hybridized carbons (Fsp3) is 0.750. The van der Waals surface area contributed by atoms with Crippen LogP contribution in [0.1, 0.15) is 38.7 Å². The highest BCUT2D eigenvalue weighted by Crippen LogP contribution is 2.30. The largest absolute Gasteiger partial charge is 0.377 e. The third-order valence-electron chi connectivity index (χ3n) is 4.35. The lowest BCUT2D eigenvalue weighted by molar-refractivity contribution is 0.00439. The van der Waals surface area contributed by atoms with Gasteiger partial charge in [-0.25, -0.2) is 0 Å². The Morgan fingerprint density at radius 3 is 2.89 bits per heavy atom. The van der Waals surface area contributed by atoms with Crippen LogP contribution in [-0.2, 0) is 11.2 Å². The van der Waals surface area contributed by atoms with Crippen molar-refractivity contribution in [1.29, 1.82) is 0 Å². The van der Waals surface area contributed by atoms with Crippen LogP contribution in [0.5, 0.6) is 0 Å². The van der Waals surface area contributed by atoms with E-state index in [4.69, 9.17) is 4.74 Å². The molecule has 1 heterocycles. The maximum atomic E-state index is 5.98. The van der Waals surface area contributed by atoms with Gasteiger partial charge >= 0.3 is 0 Å². The molecule has 1 fully saturated rings. The van der Waals surface area contributed by atoms with Crippen molar-refractivity contribution < 1.29 is 4.74 Å². The summed E-state index contributed by atoms with van der Waals surface area (Å²) in [6.07, 6.45) is 5.46. The van der Waals surface area contributed by atoms with Crippen molar-refractivity contribution in [3.05, 3.63) is 22.4 Å². The standard InChI is InChI=1S/C16H27NOS/c1-13-3-4-16(11-14(13)2)18-9-8-17-7-5-15-6-10-19-12-15/h6,10,12-14,16-17H,3-5,7-9,11H2,1-2H3. The molecule has 1 N–H and O–H groups in total. The van der Waals surface area contributed by atoms with E-state index in [0.29, 0.717) is 6.10 Å². The number of rotatable bonds is 7. The second kappa shape index (κ2) is 8.03. The van der Waals surface area contributed by atoms with Crippen LogP contribution in [0.15, 0.2) is 16.8 Å². The molecule has 1 aliphatic carbocycles. The monoisotopic (exact) mass is 281 g/mol. The van der Waals surface area contributed by atoms with E-state index in [0.717, 1.165) is 38.0 Å². The quantitative estimate of drug-likeness (QED) is 0.769. The Hall–Kier alpha value is -0.380. The highest BCUT2D eigenvalue weighted by atomic mass is 32.1. The van der Waals surface area contributed by atoms with Crippen molar-refractivity contribution in [2.24, 2.45) is 11.8 Å². The van der Waals surface area contributed by atoms with E-state index < -0.39 is 0 Å². The predicted molar refractivity (Wildman–Crippen MR) is 82.8 cm³/mol. The SMILES string of the molecule is CC1CCC(OCCNCCc2ccsc2)CC1C. The summed E-state index contributed by atoms with van der Waals surface area (Å²) in [5, 5.41) is 7.83. The molecular weight excluding hydrogens is 254 g/mol. The average Bonchev–Trinajstić information content (AvgIpc) is 2.91. The van der Waals surface area contributed by atoms with Crippen molar-refractivity contribution in [3.8, 4) is 0 Å². The van der Waals surface area contributed by atoms with Gasteiger partial charge in [-0.3, -0.25) is 0 Å². The molecule has 0 aliphatic heterocycles. The minimum absolute atomic E-state index is 0.505. The molecule has 0 radical (unpaired) electrons. The van der Waals surface area contributed by atoms with Gasteiger partial charge in [0.2, 0.25) is 0 Å². The Labute approximate surface area is 121 Å². The average molecular weight is 281 g/mol. The first-order valence-electron chi connectivity index (χ1n) is 7.59. The number of thiophene rings is 1. The van der Waals surface area contributed by atoms with Crippen molar-refractivity contribution >= 4 is 11.3 Å². The van der Waals surface area contributed by atoms with Crippen LogP contribution in [0, 0.1) is 11.8 Å². The van der Waals surface area contributed by atoms with Crippen LogP contribution in [0.25, 0.3) is 0 Å². The minimum atomic E-state index is 0.505. The maximum absolute atomic E-state index is 5.98. The summed E-state index contributed by atoms with van der Waals surface area (Å²) in [4.78, 5) is 0. The number of hydrogen-bond acceptors (Lipinski definition) is 3. The molecule has 3 atom stereocenters. The fourth-order valence-electron chi connectivity index (χ4n) is 2.74. The first-order chi connectivity index (χ1) is 9.25. The summed E-state index contributed by atoms with van der Waals surface area (Å²) in [5.41, 5.74) is 1.44. The zero-order chi connectivity index (χ0) is 13.5. The molecule has 0 amide bonds. The zero-order valence-corrected chi connectivity index (χ0v) is 13.0. The van der Waals surface area contributed by atoms with Crippen molar-refractivity contribution in [2.45, 2.75) is 45.6 Å². The summed E-state index contributed by atoms with van der Waals surface area (Å²) in [6.45, 7) is 7.62. The van der Waals surface area contributed by atoms with Gasteiger partial charge in [0.25, 0.3) is 0 Å². The lowest BCUT2D eigenvalue weighted by Crippen LogP contribution is -2.30. The second-order valence-corrected chi connectivity index (χ2v) is 6.67. The van der Waals surface area contributed by atoms with E-state index in [1.165, 1.54) is 24.8 Å². The molecule has 1 aromatic heterocycles. The highest BCUT2D eigenvalue weighted by Gasteiger charge is 2.24. The van der Waals surface area contributed by atoms with Crippen LogP contribution < -0.4 is 5.32 Å². The molecule has 1 aromatic rings. The number of ether oxygens (including phenoxy) is 1. The van der Waals surface area contributed by atoms with E-state index >= 15 is 0 Å². The van der Waals surface area contributed by atoms with Crippen LogP contribution in [0.4, 0.5) is 0 Å². The smallest absolute Gasteiger partial charge is 0.0594 e. The van der Waals surface area contributed by atoms with Crippen LogP contribution in [0.3, 0.4) is 0 Å². The summed E-state index contributed by atoms with van der Waals surface area (Å²) in [6, 6.07) is 2.20. The molecule has 2 rings (SSSR count). The molecule has 2 nitrogen and oxygen atoms in total. The van der Waals surface area contributed by atoms with E-state index in [-0.39, 0.29) is 0 Å². The Kier molecular flexibility index (Phi) is 6.35. The van der Waals surface area contributed by atoms with Crippen LogP contribution in [-0.4, -0.2) is 25.8 Å². The molecule has 0 saturated heterocycles. The Balaban J connectivity index is 1.48. The third-order valence-corrected chi connectivity index (χ3v) is 5.09. The van der Waals surface area contributed by atoms with Crippen molar-refractivity contribution in [1.82, 2.24) is 5.32 Å². The van der Waals surface area contributed by atoms with Gasteiger partial charge in [-0.1, -0.05) is 13.8 Å². The minimum Gasteiger partial charge on any atom is -0.377 e. The van der Waals surface area contributed by atoms with Gasteiger partial charge in [0, 0.05) is 6.54 Å². The normalized spacial score (nSPS) is 27.6. The number of nitrogens with one attached hydrogen (secondary N) is 1. The first-order valence-corrected chi connectivity index (χ1v) is 8.53. The third kappa shape index (κ3) is 5.25. The topological polar surface area (TPSA) is 21.3 Å². The van der Waals surface area contributed by atoms with Gasteiger partial charge in [-0.2, -0.15) is 11.3 Å². The predicted octanol–water partition coefficient (Wildman–Crippen LogP) is 3.72. The van der Waals surface area contributed by atoms with Gasteiger partial charge in [-0.15, -0.1) is 0 Å². The Bertz CT molecular complexity index is 339. The van der Waals surface area contributed by atoms with Gasteiger partial charge in [0.1, 0.15) is 0 Å². The Morgan fingerprint density at radius 2 is 2.16 bits per heavy atom. The zero-order valence-electron chi connectivity index (χ0n) is 12.2. The second-order valence-electron chi connectivity index (χ2n) is 5.89. The fourth-order valence-corrected chi connectivity index (χ4v) is 3.44. The molecule has 19 heavy (non-hydrogen) atoms. The summed E-state index contributed by atoms with van der Waals surface area (Å²) >= 11 is 1.77. The lowest BCUT2D eigenvalue weighted by atomic mass is 9.80. The van der Waals surface area contributed by atoms with Gasteiger partial charge < -0.3 is 10.1 Å². The Morgan fingerprint density at radius 1 is 1.26 bits per heavy atom. The highest BCUT2D eigenvalue weighted by molar-refractivity contribution is 7.07. The summed E-state index contributed by atoms with van der Waals surface area (Å²) in [7, 11) is 0. The lowest BCUT2D eigenvalue weighted by Gasteiger charge is -2.32. The molecule has 0 spiro atoms. The van der Waals surface area contributed by atoms with Crippen molar-refractivity contribution in [3.63, 3.8) is 0 Å². The molecule has 3 unspecified atom stereocenters. The van der Waals surface area contributed by atoms with E-state index in [2.05, 4.69) is 36.0 Å². The molecule has 108 valence electrons. The summed E-state index contributed by atoms with van der Waals surface area (Å²) < 4.78 is 5.98. The molecular formula is C16H27NOS.